The molecule has 1 rings (SSSR count). The summed E-state index contributed by atoms with van der Waals surface area (Å²) < 4.78 is 12.2. The Morgan fingerprint density at radius 2 is 2.13 bits per heavy atom. The van der Waals surface area contributed by atoms with Gasteiger partial charge in [-0.2, -0.15) is 0 Å². The van der Waals surface area contributed by atoms with E-state index in [1.807, 2.05) is 0 Å². The highest BCUT2D eigenvalue weighted by Gasteiger charge is 2.22. The van der Waals surface area contributed by atoms with Gasteiger partial charge in [-0.15, -0.1) is 24.0 Å². The van der Waals surface area contributed by atoms with Crippen LogP contribution in [0.25, 0.3) is 0 Å². The number of likely N-dealkylation sites (tertiary alicyclic amines) is 1. The number of alkyl halides is 1. The van der Waals surface area contributed by atoms with Gasteiger partial charge in [0.05, 0.1) is 6.67 Å². The molecule has 1 aliphatic heterocycles. The van der Waals surface area contributed by atoms with Crippen LogP contribution in [-0.4, -0.2) is 81.2 Å². The Kier molecular flexibility index (Phi) is 12.4. The van der Waals surface area contributed by atoms with Crippen LogP contribution >= 0.6 is 24.0 Å². The second-order valence-corrected chi connectivity index (χ2v) is 5.73. The summed E-state index contributed by atoms with van der Waals surface area (Å²) in [6.45, 7) is 5.41. The van der Waals surface area contributed by atoms with Gasteiger partial charge in [-0.05, 0) is 32.4 Å². The zero-order valence-corrected chi connectivity index (χ0v) is 16.8. The second kappa shape index (κ2) is 12.7. The first kappa shape index (κ1) is 22.4. The van der Waals surface area contributed by atoms with E-state index in [4.69, 9.17) is 0 Å². The van der Waals surface area contributed by atoms with Crippen molar-refractivity contribution in [3.05, 3.63) is 0 Å². The van der Waals surface area contributed by atoms with E-state index in [1.54, 1.807) is 14.1 Å². The maximum atomic E-state index is 12.2. The predicted molar refractivity (Wildman–Crippen MR) is 103 cm³/mol. The topological polar surface area (TPSA) is 60.0 Å². The fourth-order valence-corrected chi connectivity index (χ4v) is 2.49. The van der Waals surface area contributed by atoms with Gasteiger partial charge in [0.2, 0.25) is 5.91 Å². The third kappa shape index (κ3) is 8.69. The molecule has 0 aromatic carbocycles. The smallest absolute Gasteiger partial charge is 0.243 e. The zero-order chi connectivity index (χ0) is 16.4. The number of halogens is 2. The summed E-state index contributed by atoms with van der Waals surface area (Å²) in [5.41, 5.74) is 0. The van der Waals surface area contributed by atoms with E-state index in [2.05, 4.69) is 27.4 Å². The molecular weight excluding hydrogens is 412 g/mol. The number of carbonyl (C=O) groups is 1. The van der Waals surface area contributed by atoms with Gasteiger partial charge in [0, 0.05) is 33.2 Å². The molecule has 0 radical (unpaired) electrons. The third-order valence-corrected chi connectivity index (χ3v) is 3.88. The number of carbonyl (C=O) groups excluding carboxylic acids is 1. The van der Waals surface area contributed by atoms with Gasteiger partial charge in [-0.3, -0.25) is 14.1 Å². The van der Waals surface area contributed by atoms with Gasteiger partial charge in [-0.25, -0.2) is 4.99 Å². The number of likely N-dealkylation sites (N-methyl/N-ethyl adjacent to an activating group) is 2. The van der Waals surface area contributed by atoms with Crippen LogP contribution in [0.3, 0.4) is 0 Å². The van der Waals surface area contributed by atoms with Gasteiger partial charge < -0.3 is 15.5 Å². The van der Waals surface area contributed by atoms with Crippen LogP contribution in [0, 0.1) is 0 Å². The minimum absolute atomic E-state index is 0. The van der Waals surface area contributed by atoms with Crippen LogP contribution in [0.15, 0.2) is 4.99 Å². The molecule has 0 aromatic rings. The first-order valence-electron chi connectivity index (χ1n) is 8.10. The highest BCUT2D eigenvalue weighted by molar-refractivity contribution is 14.0. The molecule has 0 saturated carbocycles. The minimum atomic E-state index is -0.358. The quantitative estimate of drug-likeness (QED) is 0.255. The van der Waals surface area contributed by atoms with Gasteiger partial charge in [-0.1, -0.05) is 6.92 Å². The molecule has 1 saturated heterocycles. The van der Waals surface area contributed by atoms with Crippen LogP contribution in [0.4, 0.5) is 4.39 Å². The average molecular weight is 443 g/mol. The monoisotopic (exact) mass is 443 g/mol. The molecule has 6 nitrogen and oxygen atoms in total. The molecular formula is C15H31FIN5O. The number of aliphatic imine (C=N–C) groups is 1. The van der Waals surface area contributed by atoms with Crippen molar-refractivity contribution in [2.45, 2.75) is 32.2 Å². The van der Waals surface area contributed by atoms with Crippen molar-refractivity contribution < 1.29 is 9.18 Å². The molecule has 0 aromatic heterocycles. The van der Waals surface area contributed by atoms with Crippen molar-refractivity contribution in [1.82, 2.24) is 20.4 Å². The van der Waals surface area contributed by atoms with Crippen molar-refractivity contribution >= 4 is 35.8 Å². The lowest BCUT2D eigenvalue weighted by molar-refractivity contribution is -0.127. The van der Waals surface area contributed by atoms with Crippen LogP contribution in [0.2, 0.25) is 0 Å². The molecule has 1 aliphatic rings. The van der Waals surface area contributed by atoms with Gasteiger partial charge in [0.25, 0.3) is 0 Å². The molecule has 0 spiro atoms. The van der Waals surface area contributed by atoms with E-state index in [9.17, 15) is 9.18 Å². The largest absolute Gasteiger partial charge is 0.356 e. The molecule has 23 heavy (non-hydrogen) atoms. The lowest BCUT2D eigenvalue weighted by Gasteiger charge is -2.24. The number of hydrogen-bond acceptors (Lipinski definition) is 3. The Bertz CT molecular complexity index is 368. The molecule has 8 heteroatoms. The molecule has 1 atom stereocenters. The van der Waals surface area contributed by atoms with Crippen LogP contribution < -0.4 is 10.6 Å². The maximum absolute atomic E-state index is 12.2. The Morgan fingerprint density at radius 3 is 2.74 bits per heavy atom. The van der Waals surface area contributed by atoms with Crippen molar-refractivity contribution in [2.75, 3.05) is 53.5 Å². The summed E-state index contributed by atoms with van der Waals surface area (Å²) in [6.07, 6.45) is 2.84. The lowest BCUT2D eigenvalue weighted by Crippen LogP contribution is -2.45. The van der Waals surface area contributed by atoms with Crippen LogP contribution in [0.5, 0.6) is 0 Å². The molecule has 0 bridgehead atoms. The molecule has 1 amide bonds. The molecule has 136 valence electrons. The van der Waals surface area contributed by atoms with Crippen molar-refractivity contribution in [3.8, 4) is 0 Å². The molecule has 1 fully saturated rings. The predicted octanol–water partition coefficient (Wildman–Crippen LogP) is 1.07. The number of hydrogen-bond donors (Lipinski definition) is 2. The highest BCUT2D eigenvalue weighted by Crippen LogP contribution is 2.15. The fraction of sp³-hybridized carbons (Fsp3) is 0.867. The van der Waals surface area contributed by atoms with E-state index in [0.717, 1.165) is 19.6 Å². The number of amides is 1. The summed E-state index contributed by atoms with van der Waals surface area (Å²) in [5, 5.41) is 6.36. The SMILES string of the molecule is CCN1CCCC1CNC(=NCC(=O)N(C)C)NCCCF.I. The lowest BCUT2D eigenvalue weighted by atomic mass is 10.2. The summed E-state index contributed by atoms with van der Waals surface area (Å²) in [4.78, 5) is 19.9. The minimum Gasteiger partial charge on any atom is -0.356 e. The molecule has 1 heterocycles. The third-order valence-electron chi connectivity index (χ3n) is 3.88. The maximum Gasteiger partial charge on any atom is 0.243 e. The summed E-state index contributed by atoms with van der Waals surface area (Å²) in [6, 6.07) is 0.503. The number of nitrogens with one attached hydrogen (secondary N) is 2. The van der Waals surface area contributed by atoms with E-state index in [-0.39, 0.29) is 43.1 Å². The zero-order valence-electron chi connectivity index (χ0n) is 14.5. The Labute approximate surface area is 156 Å². The summed E-state index contributed by atoms with van der Waals surface area (Å²) >= 11 is 0. The van der Waals surface area contributed by atoms with Crippen molar-refractivity contribution in [2.24, 2.45) is 4.99 Å². The summed E-state index contributed by atoms with van der Waals surface area (Å²) in [5.74, 6) is 0.536. The van der Waals surface area contributed by atoms with E-state index in [1.165, 1.54) is 17.7 Å². The van der Waals surface area contributed by atoms with Crippen LogP contribution in [0.1, 0.15) is 26.2 Å². The number of rotatable bonds is 8. The molecule has 1 unspecified atom stereocenters. The Balaban J connectivity index is 0.00000484. The van der Waals surface area contributed by atoms with Crippen molar-refractivity contribution in [3.63, 3.8) is 0 Å². The first-order valence-corrected chi connectivity index (χ1v) is 8.10. The van der Waals surface area contributed by atoms with E-state index < -0.39 is 0 Å². The number of nitrogens with zero attached hydrogens (tertiary/aromatic N) is 3. The normalized spacial score (nSPS) is 18.4. The second-order valence-electron chi connectivity index (χ2n) is 5.73. The Morgan fingerprint density at radius 1 is 1.39 bits per heavy atom. The van der Waals surface area contributed by atoms with Crippen LogP contribution in [-0.2, 0) is 4.79 Å². The van der Waals surface area contributed by atoms with E-state index >= 15 is 0 Å². The Hall–Kier alpha value is -0.640. The van der Waals surface area contributed by atoms with Gasteiger partial charge in [0.1, 0.15) is 6.54 Å². The molecule has 2 N–H and O–H groups in total. The van der Waals surface area contributed by atoms with Gasteiger partial charge in [0.15, 0.2) is 5.96 Å². The van der Waals surface area contributed by atoms with E-state index in [0.29, 0.717) is 25.0 Å². The first-order chi connectivity index (χ1) is 10.6. The standard InChI is InChI=1S/C15H30FN5O.HI/c1-4-21-10-5-7-13(21)11-18-15(17-9-6-8-16)19-12-14(22)20(2)3;/h13H,4-12H2,1-3H3,(H2,17,18,19);1H. The van der Waals surface area contributed by atoms with Crippen molar-refractivity contribution in [1.29, 1.82) is 0 Å². The summed E-state index contributed by atoms with van der Waals surface area (Å²) in [7, 11) is 3.41. The highest BCUT2D eigenvalue weighted by atomic mass is 127. The average Bonchev–Trinajstić information content (AvgIpc) is 2.96. The fourth-order valence-electron chi connectivity index (χ4n) is 2.49. The van der Waals surface area contributed by atoms with Gasteiger partial charge >= 0.3 is 0 Å². The molecule has 0 aliphatic carbocycles. The number of guanidine groups is 1.